The minimum Gasteiger partial charge on any atom is -0.477 e. The van der Waals surface area contributed by atoms with Crippen LogP contribution in [0.2, 0.25) is 15.1 Å². The number of nitrogens with one attached hydrogen (secondary N) is 2. The molecule has 2 aromatic carbocycles. The van der Waals surface area contributed by atoms with Crippen molar-refractivity contribution < 1.29 is 23.9 Å². The summed E-state index contributed by atoms with van der Waals surface area (Å²) >= 11 is 17.5. The first kappa shape index (κ1) is 21.8. The van der Waals surface area contributed by atoms with Crippen LogP contribution in [0.5, 0.6) is 5.75 Å². The highest BCUT2D eigenvalue weighted by atomic mass is 35.5. The Kier molecular flexibility index (Phi) is 7.92. The molecule has 0 fully saturated rings. The van der Waals surface area contributed by atoms with E-state index in [0.29, 0.717) is 15.6 Å². The van der Waals surface area contributed by atoms with Crippen molar-refractivity contribution in [1.29, 1.82) is 0 Å². The number of hydrogen-bond donors (Lipinski definition) is 2. The highest BCUT2D eigenvalue weighted by molar-refractivity contribution is 6.35. The number of hydrogen-bond acceptors (Lipinski definition) is 5. The van der Waals surface area contributed by atoms with Gasteiger partial charge >= 0.3 is 5.97 Å². The van der Waals surface area contributed by atoms with Crippen LogP contribution in [-0.4, -0.2) is 30.5 Å². The number of ether oxygens (including phenoxy) is 2. The van der Waals surface area contributed by atoms with Crippen LogP contribution < -0.4 is 15.6 Å². The van der Waals surface area contributed by atoms with Crippen molar-refractivity contribution in [2.45, 2.75) is 13.0 Å². The molecule has 0 aromatic heterocycles. The van der Waals surface area contributed by atoms with E-state index in [1.54, 1.807) is 6.07 Å². The van der Waals surface area contributed by atoms with E-state index in [9.17, 15) is 14.4 Å². The molecule has 2 aromatic rings. The van der Waals surface area contributed by atoms with E-state index >= 15 is 0 Å². The first-order chi connectivity index (χ1) is 13.3. The van der Waals surface area contributed by atoms with E-state index in [4.69, 9.17) is 44.3 Å². The summed E-state index contributed by atoms with van der Waals surface area (Å²) in [5, 5.41) is 1.13. The van der Waals surface area contributed by atoms with Gasteiger partial charge in [0.1, 0.15) is 5.75 Å². The van der Waals surface area contributed by atoms with Gasteiger partial charge in [-0.1, -0.05) is 34.8 Å². The van der Waals surface area contributed by atoms with Crippen molar-refractivity contribution in [3.05, 3.63) is 63.1 Å². The highest BCUT2D eigenvalue weighted by Gasteiger charge is 2.19. The van der Waals surface area contributed by atoms with E-state index in [1.807, 2.05) is 0 Å². The number of benzene rings is 2. The van der Waals surface area contributed by atoms with Gasteiger partial charge in [-0.3, -0.25) is 20.4 Å². The fourth-order valence-corrected chi connectivity index (χ4v) is 2.48. The SMILES string of the molecule is C[C@@H](Oc1ccc(Cl)cc1Cl)C(=O)OCC(=O)NNC(=O)c1ccc(Cl)cc1. The van der Waals surface area contributed by atoms with Crippen LogP contribution in [0.1, 0.15) is 17.3 Å². The number of amides is 2. The van der Waals surface area contributed by atoms with Crippen LogP contribution in [0.4, 0.5) is 0 Å². The Hall–Kier alpha value is -2.48. The maximum Gasteiger partial charge on any atom is 0.347 e. The predicted molar refractivity (Wildman–Crippen MR) is 105 cm³/mol. The van der Waals surface area contributed by atoms with Crippen molar-refractivity contribution in [3.8, 4) is 5.75 Å². The van der Waals surface area contributed by atoms with Crippen LogP contribution >= 0.6 is 34.8 Å². The molecule has 0 saturated carbocycles. The zero-order valence-corrected chi connectivity index (χ0v) is 16.8. The van der Waals surface area contributed by atoms with E-state index in [2.05, 4.69) is 10.9 Å². The molecule has 0 heterocycles. The summed E-state index contributed by atoms with van der Waals surface area (Å²) in [6, 6.07) is 10.6. The van der Waals surface area contributed by atoms with Gasteiger partial charge < -0.3 is 9.47 Å². The first-order valence-electron chi connectivity index (χ1n) is 7.89. The molecule has 0 bridgehead atoms. The average Bonchev–Trinajstić information content (AvgIpc) is 2.66. The molecule has 2 N–H and O–H groups in total. The summed E-state index contributed by atoms with van der Waals surface area (Å²) in [6.45, 7) is 0.829. The zero-order chi connectivity index (χ0) is 20.7. The summed E-state index contributed by atoms with van der Waals surface area (Å²) in [5.41, 5.74) is 4.61. The molecular weight excluding hydrogens is 431 g/mol. The number of rotatable bonds is 6. The molecule has 28 heavy (non-hydrogen) atoms. The summed E-state index contributed by atoms with van der Waals surface area (Å²) in [5.74, 6) is -1.82. The highest BCUT2D eigenvalue weighted by Crippen LogP contribution is 2.28. The van der Waals surface area contributed by atoms with Crippen LogP contribution in [0, 0.1) is 0 Å². The third-order valence-corrected chi connectivity index (χ3v) is 4.08. The van der Waals surface area contributed by atoms with Crippen molar-refractivity contribution in [1.82, 2.24) is 10.9 Å². The summed E-state index contributed by atoms with van der Waals surface area (Å²) in [7, 11) is 0. The Bertz CT molecular complexity index is 874. The molecule has 0 aliphatic carbocycles. The third-order valence-electron chi connectivity index (χ3n) is 3.30. The van der Waals surface area contributed by atoms with Crippen LogP contribution in [0.25, 0.3) is 0 Å². The molecule has 2 amide bonds. The van der Waals surface area contributed by atoms with Gasteiger partial charge in [0, 0.05) is 15.6 Å². The van der Waals surface area contributed by atoms with Gasteiger partial charge in [-0.25, -0.2) is 4.79 Å². The van der Waals surface area contributed by atoms with E-state index in [-0.39, 0.29) is 10.8 Å². The standard InChI is InChI=1S/C18H15Cl3N2O5/c1-10(28-15-7-6-13(20)8-14(15)21)18(26)27-9-16(24)22-23-17(25)11-2-4-12(19)5-3-11/h2-8,10H,9H2,1H3,(H,22,24)(H,23,25)/t10-/m1/s1. The fourth-order valence-electron chi connectivity index (χ4n) is 1.90. The largest absolute Gasteiger partial charge is 0.477 e. The topological polar surface area (TPSA) is 93.7 Å². The summed E-state index contributed by atoms with van der Waals surface area (Å²) in [4.78, 5) is 35.5. The second-order valence-corrected chi connectivity index (χ2v) is 6.73. The predicted octanol–water partition coefficient (Wildman–Crippen LogP) is 3.42. The minimum absolute atomic E-state index is 0.231. The first-order valence-corrected chi connectivity index (χ1v) is 9.02. The van der Waals surface area contributed by atoms with Gasteiger partial charge in [0.25, 0.3) is 11.8 Å². The van der Waals surface area contributed by atoms with Crippen molar-refractivity contribution in [3.63, 3.8) is 0 Å². The Morgan fingerprint density at radius 3 is 2.25 bits per heavy atom. The monoisotopic (exact) mass is 444 g/mol. The summed E-state index contributed by atoms with van der Waals surface area (Å²) in [6.07, 6.45) is -1.02. The molecular formula is C18H15Cl3N2O5. The van der Waals surface area contributed by atoms with Crippen LogP contribution in [0.3, 0.4) is 0 Å². The average molecular weight is 446 g/mol. The lowest BCUT2D eigenvalue weighted by Crippen LogP contribution is -2.44. The number of carbonyl (C=O) groups excluding carboxylic acids is 3. The molecule has 2 rings (SSSR count). The fraction of sp³-hybridized carbons (Fsp3) is 0.167. The molecule has 0 unspecified atom stereocenters. The number of carbonyl (C=O) groups is 3. The molecule has 0 saturated heterocycles. The summed E-state index contributed by atoms with van der Waals surface area (Å²) < 4.78 is 10.2. The molecule has 0 aliphatic rings. The molecule has 0 aliphatic heterocycles. The molecule has 1 atom stereocenters. The maximum absolute atomic E-state index is 11.9. The second kappa shape index (κ2) is 10.2. The number of halogens is 3. The molecule has 0 radical (unpaired) electrons. The second-order valence-electron chi connectivity index (χ2n) is 5.45. The van der Waals surface area contributed by atoms with E-state index < -0.39 is 30.5 Å². The Morgan fingerprint density at radius 2 is 1.61 bits per heavy atom. The van der Waals surface area contributed by atoms with Crippen molar-refractivity contribution >= 4 is 52.6 Å². The minimum atomic E-state index is -1.02. The quantitative estimate of drug-likeness (QED) is 0.525. The van der Waals surface area contributed by atoms with Gasteiger partial charge in [0.2, 0.25) is 0 Å². The molecule has 7 nitrogen and oxygen atoms in total. The van der Waals surface area contributed by atoms with Gasteiger partial charge in [0.05, 0.1) is 5.02 Å². The Morgan fingerprint density at radius 1 is 0.964 bits per heavy atom. The van der Waals surface area contributed by atoms with E-state index in [0.717, 1.165) is 0 Å². The van der Waals surface area contributed by atoms with E-state index in [1.165, 1.54) is 43.3 Å². The lowest BCUT2D eigenvalue weighted by atomic mass is 10.2. The Labute approximate surface area is 175 Å². The van der Waals surface area contributed by atoms with Gasteiger partial charge in [-0.2, -0.15) is 0 Å². The van der Waals surface area contributed by atoms with Crippen LogP contribution in [-0.2, 0) is 14.3 Å². The number of esters is 1. The Balaban J connectivity index is 1.75. The molecule has 148 valence electrons. The zero-order valence-electron chi connectivity index (χ0n) is 14.5. The maximum atomic E-state index is 11.9. The molecule has 10 heteroatoms. The normalized spacial score (nSPS) is 11.3. The lowest BCUT2D eigenvalue weighted by Gasteiger charge is -2.15. The van der Waals surface area contributed by atoms with Gasteiger partial charge in [-0.05, 0) is 49.4 Å². The number of hydrazine groups is 1. The lowest BCUT2D eigenvalue weighted by molar-refractivity contribution is -0.154. The van der Waals surface area contributed by atoms with Crippen LogP contribution in [0.15, 0.2) is 42.5 Å². The smallest absolute Gasteiger partial charge is 0.347 e. The van der Waals surface area contributed by atoms with Crippen molar-refractivity contribution in [2.24, 2.45) is 0 Å². The van der Waals surface area contributed by atoms with Gasteiger partial charge in [0.15, 0.2) is 12.7 Å². The third kappa shape index (κ3) is 6.60. The van der Waals surface area contributed by atoms with Gasteiger partial charge in [-0.15, -0.1) is 0 Å². The van der Waals surface area contributed by atoms with Crippen molar-refractivity contribution in [2.75, 3.05) is 6.61 Å². The molecule has 0 spiro atoms.